The highest BCUT2D eigenvalue weighted by molar-refractivity contribution is 5.85. The molecule has 3 atom stereocenters. The van der Waals surface area contributed by atoms with E-state index in [2.05, 4.69) is 19.2 Å². The molecule has 1 heterocycles. The molecule has 5 heteroatoms. The molecule has 1 aromatic carbocycles. The fourth-order valence-corrected chi connectivity index (χ4v) is 3.98. The number of rotatable bonds is 6. The van der Waals surface area contributed by atoms with Crippen molar-refractivity contribution in [2.24, 2.45) is 18.9 Å². The summed E-state index contributed by atoms with van der Waals surface area (Å²) < 4.78 is 7.45. The molecule has 146 valence electrons. The van der Waals surface area contributed by atoms with Crippen molar-refractivity contribution in [3.05, 3.63) is 40.7 Å². The van der Waals surface area contributed by atoms with Crippen molar-refractivity contribution in [2.45, 2.75) is 52.0 Å². The second kappa shape index (κ2) is 8.59. The van der Waals surface area contributed by atoms with Crippen molar-refractivity contribution in [1.82, 2.24) is 9.88 Å². The van der Waals surface area contributed by atoms with E-state index in [1.807, 2.05) is 24.3 Å². The van der Waals surface area contributed by atoms with E-state index in [0.717, 1.165) is 17.3 Å². The lowest BCUT2D eigenvalue weighted by Crippen LogP contribution is -2.43. The lowest BCUT2D eigenvalue weighted by atomic mass is 9.78. The fourth-order valence-electron chi connectivity index (χ4n) is 3.98. The summed E-state index contributed by atoms with van der Waals surface area (Å²) in [7, 11) is 1.76. The van der Waals surface area contributed by atoms with Crippen molar-refractivity contribution in [3.63, 3.8) is 0 Å². The Bertz CT molecular complexity index is 858. The first-order valence-corrected chi connectivity index (χ1v) is 9.98. The Morgan fingerprint density at radius 2 is 2.04 bits per heavy atom. The monoisotopic (exact) mass is 370 g/mol. The highest BCUT2D eigenvalue weighted by atomic mass is 16.5. The Morgan fingerprint density at radius 3 is 2.85 bits per heavy atom. The number of carbonyl (C=O) groups is 1. The largest absolute Gasteiger partial charge is 0.493 e. The van der Waals surface area contributed by atoms with E-state index >= 15 is 0 Å². The molecule has 0 saturated heterocycles. The van der Waals surface area contributed by atoms with Crippen LogP contribution in [0.4, 0.5) is 0 Å². The first-order valence-electron chi connectivity index (χ1n) is 9.98. The second-order valence-electron chi connectivity index (χ2n) is 7.82. The molecule has 27 heavy (non-hydrogen) atoms. The molecular formula is C22H30N2O3. The highest BCUT2D eigenvalue weighted by Crippen LogP contribution is 2.29. The van der Waals surface area contributed by atoms with Crippen LogP contribution in [-0.2, 0) is 11.8 Å². The zero-order chi connectivity index (χ0) is 19.4. The van der Waals surface area contributed by atoms with Crippen LogP contribution in [0, 0.1) is 11.8 Å². The predicted octanol–water partition coefficient (Wildman–Crippen LogP) is 3.64. The van der Waals surface area contributed by atoms with E-state index in [1.165, 1.54) is 18.9 Å². The normalized spacial score (nSPS) is 22.6. The highest BCUT2D eigenvalue weighted by Gasteiger charge is 2.27. The minimum Gasteiger partial charge on any atom is -0.493 e. The maximum atomic E-state index is 12.3. The number of aryl methyl sites for hydroxylation is 1. The van der Waals surface area contributed by atoms with Crippen molar-refractivity contribution >= 4 is 16.8 Å². The maximum Gasteiger partial charge on any atom is 0.254 e. The molecule has 0 bridgehead atoms. The summed E-state index contributed by atoms with van der Waals surface area (Å²) in [5.41, 5.74) is 0.750. The first-order chi connectivity index (χ1) is 13.0. The zero-order valence-corrected chi connectivity index (χ0v) is 16.5. The van der Waals surface area contributed by atoms with Gasteiger partial charge in [0.25, 0.3) is 5.56 Å². The van der Waals surface area contributed by atoms with Crippen LogP contribution in [0.2, 0.25) is 0 Å². The van der Waals surface area contributed by atoms with Crippen LogP contribution in [0.3, 0.4) is 0 Å². The van der Waals surface area contributed by atoms with Crippen molar-refractivity contribution < 1.29 is 9.53 Å². The van der Waals surface area contributed by atoms with Gasteiger partial charge in [0.1, 0.15) is 5.75 Å². The second-order valence-corrected chi connectivity index (χ2v) is 7.82. The number of pyridine rings is 1. The van der Waals surface area contributed by atoms with Crippen molar-refractivity contribution in [1.29, 1.82) is 0 Å². The van der Waals surface area contributed by atoms with Gasteiger partial charge in [-0.3, -0.25) is 9.59 Å². The number of ether oxygens (including phenoxy) is 1. The van der Waals surface area contributed by atoms with Gasteiger partial charge in [0, 0.05) is 31.0 Å². The van der Waals surface area contributed by atoms with E-state index in [4.69, 9.17) is 4.74 Å². The number of benzene rings is 1. The SMILES string of the molecule is C[C@H]1[C@H](C)CCC[C@@H]1NC(=O)CCCOc1cc(=O)n(C)c2ccccc12. The van der Waals surface area contributed by atoms with Crippen LogP contribution >= 0.6 is 0 Å². The van der Waals surface area contributed by atoms with Crippen LogP contribution in [0.1, 0.15) is 46.0 Å². The van der Waals surface area contributed by atoms with Crippen LogP contribution in [0.25, 0.3) is 10.9 Å². The third-order valence-corrected chi connectivity index (χ3v) is 5.97. The van der Waals surface area contributed by atoms with Crippen LogP contribution in [0.15, 0.2) is 35.1 Å². The molecule has 1 aliphatic carbocycles. The van der Waals surface area contributed by atoms with Crippen molar-refractivity contribution in [2.75, 3.05) is 6.61 Å². The van der Waals surface area contributed by atoms with E-state index in [9.17, 15) is 9.59 Å². The number of nitrogens with one attached hydrogen (secondary N) is 1. The molecular weight excluding hydrogens is 340 g/mol. The summed E-state index contributed by atoms with van der Waals surface area (Å²) in [6.45, 7) is 4.92. The molecule has 1 aromatic heterocycles. The van der Waals surface area contributed by atoms with Crippen LogP contribution < -0.4 is 15.6 Å². The van der Waals surface area contributed by atoms with Gasteiger partial charge in [-0.1, -0.05) is 38.8 Å². The van der Waals surface area contributed by atoms with Gasteiger partial charge in [0.15, 0.2) is 0 Å². The van der Waals surface area contributed by atoms with E-state index < -0.39 is 0 Å². The van der Waals surface area contributed by atoms with Crippen LogP contribution in [-0.4, -0.2) is 23.1 Å². The summed E-state index contributed by atoms with van der Waals surface area (Å²) in [6.07, 6.45) is 4.60. The molecule has 5 nitrogen and oxygen atoms in total. The lowest BCUT2D eigenvalue weighted by Gasteiger charge is -2.34. The lowest BCUT2D eigenvalue weighted by molar-refractivity contribution is -0.122. The zero-order valence-electron chi connectivity index (χ0n) is 16.5. The van der Waals surface area contributed by atoms with E-state index in [-0.39, 0.29) is 11.5 Å². The molecule has 2 aromatic rings. The molecule has 0 aliphatic heterocycles. The standard InChI is InChI=1S/C22H30N2O3/c1-15-8-6-10-18(16(15)2)23-21(25)12-7-13-27-20-14-22(26)24(3)19-11-5-4-9-17(19)20/h4-5,9,11,14-16,18H,6-8,10,12-13H2,1-3H3,(H,23,25)/t15-,16+,18+/m1/s1. The molecule has 0 unspecified atom stereocenters. The Labute approximate surface area is 160 Å². The number of hydrogen-bond acceptors (Lipinski definition) is 3. The number of carbonyl (C=O) groups excluding carboxylic acids is 1. The topological polar surface area (TPSA) is 60.3 Å². The minimum absolute atomic E-state index is 0.0955. The van der Waals surface area contributed by atoms with Crippen molar-refractivity contribution in [3.8, 4) is 5.75 Å². The van der Waals surface area contributed by atoms with Gasteiger partial charge in [0.2, 0.25) is 5.91 Å². The number of nitrogens with zero attached hydrogens (tertiary/aromatic N) is 1. The summed E-state index contributed by atoms with van der Waals surface area (Å²) in [6, 6.07) is 9.50. The van der Waals surface area contributed by atoms with Gasteiger partial charge in [-0.25, -0.2) is 0 Å². The van der Waals surface area contributed by atoms with Crippen LogP contribution in [0.5, 0.6) is 5.75 Å². The predicted molar refractivity (Wildman–Crippen MR) is 108 cm³/mol. The summed E-state index contributed by atoms with van der Waals surface area (Å²) in [4.78, 5) is 24.4. The quantitative estimate of drug-likeness (QED) is 0.790. The Kier molecular flexibility index (Phi) is 6.19. The third-order valence-electron chi connectivity index (χ3n) is 5.97. The average Bonchev–Trinajstić information content (AvgIpc) is 2.66. The number of para-hydroxylation sites is 1. The Balaban J connectivity index is 1.52. The minimum atomic E-state index is -0.0955. The van der Waals surface area contributed by atoms with Gasteiger partial charge in [0.05, 0.1) is 12.1 Å². The average molecular weight is 370 g/mol. The number of fused-ring (bicyclic) bond motifs is 1. The third kappa shape index (κ3) is 4.52. The molecule has 1 amide bonds. The molecule has 1 N–H and O–H groups in total. The van der Waals surface area contributed by atoms with E-state index in [1.54, 1.807) is 11.6 Å². The smallest absolute Gasteiger partial charge is 0.254 e. The van der Waals surface area contributed by atoms with E-state index in [0.29, 0.717) is 43.1 Å². The summed E-state index contributed by atoms with van der Waals surface area (Å²) in [5, 5.41) is 4.11. The first kappa shape index (κ1) is 19.5. The summed E-state index contributed by atoms with van der Waals surface area (Å²) >= 11 is 0. The fraction of sp³-hybridized carbons (Fsp3) is 0.545. The van der Waals surface area contributed by atoms with Gasteiger partial charge >= 0.3 is 0 Å². The Hall–Kier alpha value is -2.30. The van der Waals surface area contributed by atoms with Gasteiger partial charge in [-0.15, -0.1) is 0 Å². The van der Waals surface area contributed by atoms with Gasteiger partial charge in [-0.2, -0.15) is 0 Å². The Morgan fingerprint density at radius 1 is 1.26 bits per heavy atom. The number of amides is 1. The molecule has 3 rings (SSSR count). The maximum absolute atomic E-state index is 12.3. The molecule has 1 saturated carbocycles. The molecule has 0 spiro atoms. The summed E-state index contributed by atoms with van der Waals surface area (Å²) in [5.74, 6) is 1.88. The van der Waals surface area contributed by atoms with Gasteiger partial charge < -0.3 is 14.6 Å². The molecule has 1 fully saturated rings. The van der Waals surface area contributed by atoms with Gasteiger partial charge in [-0.05, 0) is 36.8 Å². The number of aromatic nitrogens is 1. The molecule has 0 radical (unpaired) electrons. The molecule has 1 aliphatic rings. The number of hydrogen-bond donors (Lipinski definition) is 1.